The number of carbonyl (C=O) groups is 1. The first-order valence-electron chi connectivity index (χ1n) is 9.34. The van der Waals surface area contributed by atoms with Crippen molar-refractivity contribution in [3.8, 4) is 0 Å². The summed E-state index contributed by atoms with van der Waals surface area (Å²) in [6.45, 7) is 9.75. The second-order valence-electron chi connectivity index (χ2n) is 5.86. The summed E-state index contributed by atoms with van der Waals surface area (Å²) < 4.78 is 4.35. The third-order valence-electron chi connectivity index (χ3n) is 3.16. The van der Waals surface area contributed by atoms with Crippen LogP contribution in [0, 0.1) is 6.92 Å². The van der Waals surface area contributed by atoms with Crippen LogP contribution in [0.5, 0.6) is 0 Å². The molecule has 0 aliphatic carbocycles. The highest BCUT2D eigenvalue weighted by molar-refractivity contribution is 6.04. The molecule has 2 N–H and O–H groups in total. The summed E-state index contributed by atoms with van der Waals surface area (Å²) in [5, 5.41) is 9.49. The van der Waals surface area contributed by atoms with Crippen LogP contribution in [-0.2, 0) is 6.54 Å². The van der Waals surface area contributed by atoms with E-state index < -0.39 is 0 Å². The average Bonchev–Trinajstić information content (AvgIpc) is 3.19. The Labute approximate surface area is 166 Å². The number of amides is 1. The maximum Gasteiger partial charge on any atom is 0.255 e. The number of rotatable bonds is 5. The monoisotopic (exact) mass is 383 g/mol. The van der Waals surface area contributed by atoms with Crippen LogP contribution in [0.1, 0.15) is 48.9 Å². The molecule has 0 bridgehead atoms. The molecule has 0 saturated carbocycles. The second kappa shape index (κ2) is 14.1. The van der Waals surface area contributed by atoms with Gasteiger partial charge in [-0.05, 0) is 43.3 Å². The lowest BCUT2D eigenvalue weighted by Crippen LogP contribution is -2.14. The number of pyridine rings is 1. The van der Waals surface area contributed by atoms with Crippen molar-refractivity contribution < 1.29 is 9.32 Å². The Morgan fingerprint density at radius 3 is 2.46 bits per heavy atom. The third kappa shape index (κ3) is 9.59. The topological polar surface area (TPSA) is 92.9 Å². The predicted molar refractivity (Wildman–Crippen MR) is 111 cm³/mol. The Kier molecular flexibility index (Phi) is 11.5. The van der Waals surface area contributed by atoms with Crippen molar-refractivity contribution >= 4 is 11.6 Å². The van der Waals surface area contributed by atoms with Crippen LogP contribution in [0.4, 0.5) is 5.69 Å². The molecule has 1 aromatic carbocycles. The van der Waals surface area contributed by atoms with Crippen molar-refractivity contribution in [3.05, 3.63) is 72.1 Å². The molecular formula is C21H29N5O2. The maximum absolute atomic E-state index is 12.1. The van der Waals surface area contributed by atoms with Crippen LogP contribution in [-0.4, -0.2) is 27.6 Å². The van der Waals surface area contributed by atoms with Crippen LogP contribution in [0.2, 0.25) is 0 Å². The van der Waals surface area contributed by atoms with E-state index in [4.69, 9.17) is 0 Å². The molecule has 7 heteroatoms. The summed E-state index contributed by atoms with van der Waals surface area (Å²) in [6, 6.07) is 11.2. The molecule has 0 atom stereocenters. The fourth-order valence-electron chi connectivity index (χ4n) is 1.96. The van der Waals surface area contributed by atoms with Gasteiger partial charge >= 0.3 is 0 Å². The normalized spacial score (nSPS) is 9.43. The maximum atomic E-state index is 12.1. The molecule has 3 rings (SSSR count). The van der Waals surface area contributed by atoms with E-state index in [9.17, 15) is 4.79 Å². The average molecular weight is 383 g/mol. The zero-order valence-electron chi connectivity index (χ0n) is 17.0. The van der Waals surface area contributed by atoms with Crippen LogP contribution in [0.3, 0.4) is 0 Å². The number of nitrogens with one attached hydrogen (secondary N) is 2. The minimum absolute atomic E-state index is 0.119. The van der Waals surface area contributed by atoms with Crippen LogP contribution >= 0.6 is 0 Å². The molecule has 0 aliphatic heterocycles. The first-order valence-corrected chi connectivity index (χ1v) is 9.34. The first kappa shape index (κ1) is 23.0. The van der Waals surface area contributed by atoms with E-state index in [1.54, 1.807) is 31.5 Å². The largest absolute Gasteiger partial charge is 0.343 e. The van der Waals surface area contributed by atoms with E-state index in [0.717, 1.165) is 18.7 Å². The zero-order valence-corrected chi connectivity index (χ0v) is 17.0. The molecule has 0 radical (unpaired) electrons. The van der Waals surface area contributed by atoms with Gasteiger partial charge < -0.3 is 15.2 Å². The van der Waals surface area contributed by atoms with Gasteiger partial charge in [-0.3, -0.25) is 9.78 Å². The van der Waals surface area contributed by atoms with E-state index in [1.807, 2.05) is 24.3 Å². The molecule has 150 valence electrons. The molecule has 0 spiro atoms. The summed E-state index contributed by atoms with van der Waals surface area (Å²) in [6.07, 6.45) is 5.85. The van der Waals surface area contributed by atoms with Crippen molar-refractivity contribution in [1.29, 1.82) is 0 Å². The van der Waals surface area contributed by atoms with Crippen LogP contribution in [0.25, 0.3) is 0 Å². The third-order valence-corrected chi connectivity index (χ3v) is 3.16. The molecule has 2 aromatic heterocycles. The molecule has 0 saturated heterocycles. The molecular weight excluding hydrogens is 354 g/mol. The highest BCUT2D eigenvalue weighted by Crippen LogP contribution is 2.09. The number of hydrogen-bond donors (Lipinski definition) is 2. The Bertz CT molecular complexity index is 777. The summed E-state index contributed by atoms with van der Waals surface area (Å²) >= 11 is 0. The number of anilines is 1. The highest BCUT2D eigenvalue weighted by atomic mass is 16.5. The summed E-state index contributed by atoms with van der Waals surface area (Å²) in [7, 11) is 0. The number of hydrogen-bond acceptors (Lipinski definition) is 6. The van der Waals surface area contributed by atoms with Gasteiger partial charge in [0.15, 0.2) is 5.82 Å². The Hall–Kier alpha value is -3.06. The van der Waals surface area contributed by atoms with Gasteiger partial charge in [0, 0.05) is 18.3 Å². The number of nitrogens with zero attached hydrogens (tertiary/aromatic N) is 3. The van der Waals surface area contributed by atoms with Gasteiger partial charge in [-0.25, -0.2) is 0 Å². The molecule has 0 unspecified atom stereocenters. The summed E-state index contributed by atoms with van der Waals surface area (Å²) in [5.74, 6) is 0.557. The minimum Gasteiger partial charge on any atom is -0.343 e. The number of aromatic nitrogens is 3. The molecule has 3 aromatic rings. The van der Waals surface area contributed by atoms with E-state index >= 15 is 0 Å². The van der Waals surface area contributed by atoms with Gasteiger partial charge in [-0.15, -0.1) is 0 Å². The van der Waals surface area contributed by atoms with Crippen molar-refractivity contribution in [2.45, 2.75) is 40.7 Å². The Morgan fingerprint density at radius 1 is 1.14 bits per heavy atom. The smallest absolute Gasteiger partial charge is 0.255 e. The van der Waals surface area contributed by atoms with Gasteiger partial charge in [0.05, 0.1) is 11.9 Å². The molecule has 0 aliphatic rings. The first-order chi connectivity index (χ1) is 13.6. The minimum atomic E-state index is -0.119. The SMILES string of the molecule is CCC.CCNCc1cccc(C(=O)Nc2cccnc2)c1.Cc1ncon1. The molecule has 1 amide bonds. The quantitative estimate of drug-likeness (QED) is 0.685. The van der Waals surface area contributed by atoms with E-state index in [0.29, 0.717) is 17.1 Å². The zero-order chi connectivity index (χ0) is 20.6. The predicted octanol–water partition coefficient (Wildman–Crippen LogP) is 4.24. The molecule has 28 heavy (non-hydrogen) atoms. The van der Waals surface area contributed by atoms with Crippen molar-refractivity contribution in [3.63, 3.8) is 0 Å². The van der Waals surface area contributed by atoms with Gasteiger partial charge in [-0.2, -0.15) is 4.98 Å². The van der Waals surface area contributed by atoms with Gasteiger partial charge in [0.1, 0.15) is 0 Å². The summed E-state index contributed by atoms with van der Waals surface area (Å²) in [4.78, 5) is 19.7. The van der Waals surface area contributed by atoms with Gasteiger partial charge in [-0.1, -0.05) is 44.5 Å². The van der Waals surface area contributed by atoms with Crippen molar-refractivity contribution in [2.75, 3.05) is 11.9 Å². The Balaban J connectivity index is 0.000000360. The fourth-order valence-corrected chi connectivity index (χ4v) is 1.96. The second-order valence-corrected chi connectivity index (χ2v) is 5.86. The van der Waals surface area contributed by atoms with Crippen LogP contribution in [0.15, 0.2) is 59.7 Å². The fraction of sp³-hybridized carbons (Fsp3) is 0.333. The van der Waals surface area contributed by atoms with Crippen molar-refractivity contribution in [2.24, 2.45) is 0 Å². The van der Waals surface area contributed by atoms with E-state index in [1.165, 1.54) is 12.8 Å². The van der Waals surface area contributed by atoms with Crippen LogP contribution < -0.4 is 10.6 Å². The number of benzene rings is 1. The van der Waals surface area contributed by atoms with Gasteiger partial charge in [0.25, 0.3) is 5.91 Å². The van der Waals surface area contributed by atoms with E-state index in [-0.39, 0.29) is 5.91 Å². The standard InChI is InChI=1S/C15H17N3O.C3H4N2O.C3H8/c1-2-16-10-12-5-3-6-13(9-12)15(19)18-14-7-4-8-17-11-14;1-3-4-2-6-5-3;1-3-2/h3-9,11,16H,2,10H2,1H3,(H,18,19);2H,1H3;3H2,1-2H3. The number of carbonyl (C=O) groups excluding carboxylic acids is 1. The lowest BCUT2D eigenvalue weighted by atomic mass is 10.1. The van der Waals surface area contributed by atoms with E-state index in [2.05, 4.69) is 51.1 Å². The summed E-state index contributed by atoms with van der Waals surface area (Å²) in [5.41, 5.74) is 2.45. The molecule has 2 heterocycles. The Morgan fingerprint density at radius 2 is 1.93 bits per heavy atom. The highest BCUT2D eigenvalue weighted by Gasteiger charge is 2.06. The van der Waals surface area contributed by atoms with Crippen molar-refractivity contribution in [1.82, 2.24) is 20.4 Å². The number of aryl methyl sites for hydroxylation is 1. The van der Waals surface area contributed by atoms with Gasteiger partial charge in [0.2, 0.25) is 6.39 Å². The molecule has 7 nitrogen and oxygen atoms in total. The lowest BCUT2D eigenvalue weighted by Gasteiger charge is -2.07. The lowest BCUT2D eigenvalue weighted by molar-refractivity contribution is 0.102. The molecule has 0 fully saturated rings.